The fraction of sp³-hybridized carbons (Fsp3) is 0.603. The number of hydrogen-bond donors (Lipinski definition) is 14. The first-order chi connectivity index (χ1) is 37.6. The van der Waals surface area contributed by atoms with Crippen LogP contribution >= 0.6 is 0 Å². The van der Waals surface area contributed by atoms with E-state index in [1.54, 1.807) is 117 Å². The van der Waals surface area contributed by atoms with E-state index in [1.807, 2.05) is 13.0 Å². The predicted molar refractivity (Wildman–Crippen MR) is 292 cm³/mol. The van der Waals surface area contributed by atoms with Gasteiger partial charge in [-0.15, -0.1) is 0 Å². The molecule has 19 atom stereocenters. The third-order valence-corrected chi connectivity index (χ3v) is 14.4. The molecule has 0 unspecified atom stereocenters. The molecule has 0 aliphatic carbocycles. The van der Waals surface area contributed by atoms with Crippen molar-refractivity contribution in [3.05, 3.63) is 120 Å². The zero-order valence-corrected chi connectivity index (χ0v) is 45.6. The maximum absolute atomic E-state index is 13.8. The SMILES string of the molecule is C[C@@H]1[C@H](O)[C@@H](C)/C=C/C=C/C=C/C=C/C=C/C=C/C=C/[C@H](O[C@@H]2O[C@H](C)[C@@H](O)[C@H](NC(=O)c3ccc(CN)cc3)[C@@H]2O)C[C@@H]2O[C@](O)(C[C@@H](O)[C@H](O)CC[C@@H](O)C[C@@H](O)C[C@@H](O)CC(=O)O[C@H]1C)C[C@H](O)[C@H]2C(=O)NCCCO. The van der Waals surface area contributed by atoms with E-state index >= 15 is 0 Å². The van der Waals surface area contributed by atoms with E-state index in [1.165, 1.54) is 6.92 Å². The Morgan fingerprint density at radius 1 is 0.696 bits per heavy atom. The molecule has 442 valence electrons. The second kappa shape index (κ2) is 33.8. The number of hydrogen-bond acceptors (Lipinski definition) is 19. The van der Waals surface area contributed by atoms with Crippen molar-refractivity contribution in [2.24, 2.45) is 23.5 Å². The molecule has 0 radical (unpaired) electrons. The third kappa shape index (κ3) is 22.2. The number of allylic oxidation sites excluding steroid dienone is 12. The summed E-state index contributed by atoms with van der Waals surface area (Å²) in [5.41, 5.74) is 6.73. The number of aliphatic hydroxyl groups is 11. The second-order valence-corrected chi connectivity index (χ2v) is 20.9. The molecule has 15 N–H and O–H groups in total. The maximum Gasteiger partial charge on any atom is 0.308 e. The number of aliphatic hydroxyl groups excluding tert-OH is 10. The van der Waals surface area contributed by atoms with Gasteiger partial charge in [-0.3, -0.25) is 14.4 Å². The first-order valence-electron chi connectivity index (χ1n) is 27.3. The summed E-state index contributed by atoms with van der Waals surface area (Å²) in [4.78, 5) is 39.9. The van der Waals surface area contributed by atoms with Gasteiger partial charge < -0.3 is 91.5 Å². The number of benzene rings is 1. The number of amides is 2. The number of cyclic esters (lactones) is 1. The Morgan fingerprint density at radius 3 is 1.89 bits per heavy atom. The summed E-state index contributed by atoms with van der Waals surface area (Å²) < 4.78 is 24.1. The van der Waals surface area contributed by atoms with Crippen LogP contribution < -0.4 is 16.4 Å². The fourth-order valence-electron chi connectivity index (χ4n) is 9.55. The van der Waals surface area contributed by atoms with Crippen molar-refractivity contribution in [3.63, 3.8) is 0 Å². The lowest BCUT2D eigenvalue weighted by atomic mass is 9.82. The summed E-state index contributed by atoms with van der Waals surface area (Å²) in [7, 11) is 0. The van der Waals surface area contributed by atoms with Gasteiger partial charge in [-0.05, 0) is 63.6 Å². The summed E-state index contributed by atoms with van der Waals surface area (Å²) in [6, 6.07) is 5.13. The van der Waals surface area contributed by atoms with Crippen LogP contribution in [0.1, 0.15) is 101 Å². The van der Waals surface area contributed by atoms with Gasteiger partial charge in [-0.1, -0.05) is 111 Å². The van der Waals surface area contributed by atoms with Crippen molar-refractivity contribution in [1.82, 2.24) is 10.6 Å². The van der Waals surface area contributed by atoms with Crippen LogP contribution in [-0.4, -0.2) is 185 Å². The molecule has 2 saturated heterocycles. The zero-order chi connectivity index (χ0) is 58.2. The Labute approximate surface area is 463 Å². The average Bonchev–Trinajstić information content (AvgIpc) is 3.39. The Kier molecular flexibility index (Phi) is 28.6. The van der Waals surface area contributed by atoms with Gasteiger partial charge in [0.2, 0.25) is 5.91 Å². The minimum atomic E-state index is -2.38. The molecular weight excluding hydrogens is 1030 g/mol. The van der Waals surface area contributed by atoms with Crippen molar-refractivity contribution in [2.75, 3.05) is 13.2 Å². The van der Waals surface area contributed by atoms with Crippen LogP contribution in [0.2, 0.25) is 0 Å². The molecule has 2 amide bonds. The number of rotatable bonds is 9. The molecule has 3 aliphatic rings. The Bertz CT molecular complexity index is 2220. The summed E-state index contributed by atoms with van der Waals surface area (Å²) in [6.45, 7) is 6.75. The second-order valence-electron chi connectivity index (χ2n) is 20.9. The van der Waals surface area contributed by atoms with Gasteiger partial charge in [0.25, 0.3) is 5.91 Å². The number of ether oxygens (including phenoxy) is 4. The standard InChI is InChI=1S/C58H87N3O18/c1-35-18-15-13-11-9-7-5-6-8-10-12-14-16-19-44(78-57-54(72)51(53(71)38(4)77-57)61-55(73)40-22-20-39(34-59)21-23-40)31-48-50(56(74)60-26-17-27-62)47(68)33-58(75,79-48)32-46(67)45(66)25-24-41(63)28-42(64)29-43(65)30-49(69)76-37(3)36(2)52(35)70/h5-16,18-23,35-38,41-48,50-54,57,62-68,70-72,75H,17,24-34,59H2,1-4H3,(H,60,74)(H,61,73)/b6-5+,9-7+,10-8+,13-11+,14-12+,18-15+,19-16+/t35-,36-,37-,38+,41+,42+,43+,44-,45+,46+,47-,48-,50+,51-,52+,53+,54-,57-,58+/m0/s1. The van der Waals surface area contributed by atoms with Gasteiger partial charge in [0.1, 0.15) is 18.3 Å². The van der Waals surface area contributed by atoms with Crippen LogP contribution in [0, 0.1) is 17.8 Å². The van der Waals surface area contributed by atoms with Crippen molar-refractivity contribution in [3.8, 4) is 0 Å². The summed E-state index contributed by atoms with van der Waals surface area (Å²) >= 11 is 0. The fourth-order valence-corrected chi connectivity index (χ4v) is 9.55. The number of carbonyl (C=O) groups excluding carboxylic acids is 3. The quantitative estimate of drug-likeness (QED) is 0.121. The van der Waals surface area contributed by atoms with Crippen molar-refractivity contribution in [2.45, 2.75) is 189 Å². The van der Waals surface area contributed by atoms with E-state index in [2.05, 4.69) is 10.6 Å². The first kappa shape index (κ1) is 66.7. The number of carbonyl (C=O) groups is 3. The summed E-state index contributed by atoms with van der Waals surface area (Å²) in [5.74, 6) is -6.59. The van der Waals surface area contributed by atoms with Crippen LogP contribution in [0.3, 0.4) is 0 Å². The monoisotopic (exact) mass is 1110 g/mol. The molecule has 3 heterocycles. The van der Waals surface area contributed by atoms with E-state index in [0.29, 0.717) is 0 Å². The normalized spacial score (nSPS) is 39.4. The molecule has 0 saturated carbocycles. The van der Waals surface area contributed by atoms with Gasteiger partial charge in [0.05, 0.1) is 79.4 Å². The molecule has 21 heteroatoms. The molecule has 2 bridgehead atoms. The summed E-state index contributed by atoms with van der Waals surface area (Å²) in [6.07, 6.45) is 2.96. The molecule has 1 aromatic rings. The molecule has 1 aromatic carbocycles. The zero-order valence-electron chi connectivity index (χ0n) is 45.6. The van der Waals surface area contributed by atoms with Crippen molar-refractivity contribution >= 4 is 17.8 Å². The number of fused-ring (bicyclic) bond motifs is 2. The van der Waals surface area contributed by atoms with Crippen molar-refractivity contribution < 1.29 is 89.5 Å². The minimum Gasteiger partial charge on any atom is -0.462 e. The highest BCUT2D eigenvalue weighted by Gasteiger charge is 2.51. The molecule has 21 nitrogen and oxygen atoms in total. The van der Waals surface area contributed by atoms with Gasteiger partial charge in [-0.25, -0.2) is 0 Å². The molecule has 2 fully saturated rings. The largest absolute Gasteiger partial charge is 0.462 e. The van der Waals surface area contributed by atoms with Crippen LogP contribution in [0.4, 0.5) is 0 Å². The third-order valence-electron chi connectivity index (χ3n) is 14.4. The molecule has 3 aliphatic heterocycles. The highest BCUT2D eigenvalue weighted by Crippen LogP contribution is 2.38. The van der Waals surface area contributed by atoms with Crippen LogP contribution in [0.5, 0.6) is 0 Å². The number of nitrogens with one attached hydrogen (secondary N) is 2. The van der Waals surface area contributed by atoms with Crippen LogP contribution in [0.15, 0.2) is 109 Å². The van der Waals surface area contributed by atoms with E-state index in [9.17, 15) is 70.6 Å². The molecule has 79 heavy (non-hydrogen) atoms. The lowest BCUT2D eigenvalue weighted by Gasteiger charge is -2.46. The lowest BCUT2D eigenvalue weighted by molar-refractivity contribution is -0.309. The van der Waals surface area contributed by atoms with Gasteiger partial charge in [-0.2, -0.15) is 0 Å². The molecule has 0 aromatic heterocycles. The summed E-state index contributed by atoms with van der Waals surface area (Å²) in [5, 5.41) is 127. The Morgan fingerprint density at radius 2 is 1.28 bits per heavy atom. The number of nitrogens with two attached hydrogens (primary N) is 1. The van der Waals surface area contributed by atoms with Gasteiger partial charge >= 0.3 is 5.97 Å². The smallest absolute Gasteiger partial charge is 0.308 e. The van der Waals surface area contributed by atoms with Crippen LogP contribution in [-0.2, 0) is 35.1 Å². The Hall–Kier alpha value is -4.79. The molecule has 4 rings (SSSR count). The van der Waals surface area contributed by atoms with E-state index in [4.69, 9.17) is 24.7 Å². The lowest BCUT2D eigenvalue weighted by Crippen LogP contribution is -2.64. The van der Waals surface area contributed by atoms with Gasteiger partial charge in [0.15, 0.2) is 12.1 Å². The van der Waals surface area contributed by atoms with Crippen LogP contribution in [0.25, 0.3) is 0 Å². The minimum absolute atomic E-state index is 0.0218. The van der Waals surface area contributed by atoms with E-state index < -0.39 is 146 Å². The number of esters is 1. The molecule has 0 spiro atoms. The maximum atomic E-state index is 13.8. The van der Waals surface area contributed by atoms with Crippen molar-refractivity contribution in [1.29, 1.82) is 0 Å². The van der Waals surface area contributed by atoms with Gasteiger partial charge in [0, 0.05) is 56.4 Å². The van der Waals surface area contributed by atoms with E-state index in [-0.39, 0.29) is 69.7 Å². The topological polar surface area (TPSA) is 361 Å². The first-order valence-corrected chi connectivity index (χ1v) is 27.3. The average molecular weight is 1110 g/mol. The molecular formula is C58H87N3O18. The van der Waals surface area contributed by atoms with E-state index in [0.717, 1.165) is 5.56 Å². The highest BCUT2D eigenvalue weighted by molar-refractivity contribution is 5.94. The highest BCUT2D eigenvalue weighted by atomic mass is 16.7. The Balaban J connectivity index is 1.65. The predicted octanol–water partition coefficient (Wildman–Crippen LogP) is 1.06.